The second-order valence-electron chi connectivity index (χ2n) is 8.92. The van der Waals surface area contributed by atoms with Crippen molar-refractivity contribution < 1.29 is 18.0 Å². The van der Waals surface area contributed by atoms with Gasteiger partial charge in [0.2, 0.25) is 21.8 Å². The van der Waals surface area contributed by atoms with Crippen molar-refractivity contribution in [3.8, 4) is 0 Å². The maximum absolute atomic E-state index is 13.3. The van der Waals surface area contributed by atoms with Gasteiger partial charge in [0.25, 0.3) is 0 Å². The average molecular weight is 522 g/mol. The third-order valence-electron chi connectivity index (χ3n) is 5.85. The molecule has 2 aromatic carbocycles. The van der Waals surface area contributed by atoms with Gasteiger partial charge in [0.1, 0.15) is 6.04 Å². The molecule has 0 spiro atoms. The van der Waals surface area contributed by atoms with E-state index in [-0.39, 0.29) is 37.4 Å². The highest BCUT2D eigenvalue weighted by Gasteiger charge is 2.27. The maximum atomic E-state index is 13.3. The summed E-state index contributed by atoms with van der Waals surface area (Å²) in [4.78, 5) is 27.7. The first kappa shape index (κ1) is 28.7. The lowest BCUT2D eigenvalue weighted by Crippen LogP contribution is -2.49. The van der Waals surface area contributed by atoms with Gasteiger partial charge in [0.15, 0.2) is 0 Å². The number of rotatable bonds is 12. The Morgan fingerprint density at radius 3 is 2.37 bits per heavy atom. The molecular weight excluding hydrogens is 486 g/mol. The Hall–Kier alpha value is -2.58. The number of sulfonamides is 1. The molecule has 0 saturated carbocycles. The van der Waals surface area contributed by atoms with E-state index < -0.39 is 16.1 Å². The van der Waals surface area contributed by atoms with E-state index >= 15 is 0 Å². The van der Waals surface area contributed by atoms with Crippen LogP contribution >= 0.6 is 11.6 Å². The van der Waals surface area contributed by atoms with Gasteiger partial charge >= 0.3 is 0 Å². The monoisotopic (exact) mass is 521 g/mol. The molecule has 9 heteroatoms. The van der Waals surface area contributed by atoms with E-state index in [0.29, 0.717) is 17.1 Å². The summed E-state index contributed by atoms with van der Waals surface area (Å²) in [5.41, 5.74) is 2.32. The Kier molecular flexibility index (Phi) is 10.6. The lowest BCUT2D eigenvalue weighted by Gasteiger charge is -2.30. The highest BCUT2D eigenvalue weighted by molar-refractivity contribution is 7.92. The number of carbonyl (C=O) groups excluding carboxylic acids is 2. The molecule has 35 heavy (non-hydrogen) atoms. The smallest absolute Gasteiger partial charge is 0.242 e. The highest BCUT2D eigenvalue weighted by Crippen LogP contribution is 2.21. The Labute approximate surface area is 214 Å². The molecule has 0 heterocycles. The molecule has 2 amide bonds. The zero-order chi connectivity index (χ0) is 26.2. The second kappa shape index (κ2) is 12.9. The molecule has 2 rings (SSSR count). The van der Waals surface area contributed by atoms with Crippen molar-refractivity contribution in [2.24, 2.45) is 0 Å². The van der Waals surface area contributed by atoms with Crippen LogP contribution in [0.2, 0.25) is 5.02 Å². The molecule has 0 aromatic heterocycles. The minimum Gasteiger partial charge on any atom is -0.352 e. The fourth-order valence-electron chi connectivity index (χ4n) is 3.67. The lowest BCUT2D eigenvalue weighted by atomic mass is 10.1. The fraction of sp³-hybridized carbons (Fsp3) is 0.462. The van der Waals surface area contributed by atoms with Crippen molar-refractivity contribution >= 4 is 39.1 Å². The zero-order valence-corrected chi connectivity index (χ0v) is 22.7. The summed E-state index contributed by atoms with van der Waals surface area (Å²) in [5, 5.41) is 3.49. The van der Waals surface area contributed by atoms with E-state index in [1.807, 2.05) is 32.9 Å². The zero-order valence-electron chi connectivity index (χ0n) is 21.1. The minimum absolute atomic E-state index is 0.00859. The molecule has 0 saturated heterocycles. The molecule has 192 valence electrons. The molecule has 7 nitrogen and oxygen atoms in total. The van der Waals surface area contributed by atoms with Crippen LogP contribution in [0.5, 0.6) is 0 Å². The van der Waals surface area contributed by atoms with Crippen LogP contribution in [0.15, 0.2) is 48.5 Å². The Morgan fingerprint density at radius 2 is 1.77 bits per heavy atom. The molecule has 0 bridgehead atoms. The number of hydrogen-bond acceptors (Lipinski definition) is 4. The molecule has 0 aliphatic carbocycles. The van der Waals surface area contributed by atoms with Gasteiger partial charge in [0, 0.05) is 30.6 Å². The summed E-state index contributed by atoms with van der Waals surface area (Å²) >= 11 is 6.12. The minimum atomic E-state index is -3.52. The Bertz CT molecular complexity index is 1120. The summed E-state index contributed by atoms with van der Waals surface area (Å²) in [7, 11) is -3.52. The summed E-state index contributed by atoms with van der Waals surface area (Å²) in [5.74, 6) is -0.457. The van der Waals surface area contributed by atoms with Crippen LogP contribution in [0.1, 0.15) is 51.2 Å². The van der Waals surface area contributed by atoms with Crippen LogP contribution in [0.3, 0.4) is 0 Å². The van der Waals surface area contributed by atoms with E-state index in [0.717, 1.165) is 23.8 Å². The van der Waals surface area contributed by atoms with Crippen molar-refractivity contribution in [3.63, 3.8) is 0 Å². The van der Waals surface area contributed by atoms with Crippen LogP contribution in [-0.2, 0) is 26.2 Å². The third-order valence-corrected chi connectivity index (χ3v) is 7.28. The quantitative estimate of drug-likeness (QED) is 0.444. The van der Waals surface area contributed by atoms with Crippen LogP contribution in [-0.4, -0.2) is 50.0 Å². The largest absolute Gasteiger partial charge is 0.352 e. The van der Waals surface area contributed by atoms with Gasteiger partial charge < -0.3 is 10.2 Å². The second-order valence-corrected chi connectivity index (χ2v) is 11.3. The molecule has 0 aliphatic rings. The molecule has 0 fully saturated rings. The topological polar surface area (TPSA) is 86.8 Å². The molecule has 0 radical (unpaired) electrons. The number of hydrogen-bond donors (Lipinski definition) is 1. The molecule has 1 N–H and O–H groups in total. The van der Waals surface area contributed by atoms with Gasteiger partial charge in [-0.15, -0.1) is 0 Å². The average Bonchev–Trinajstić information content (AvgIpc) is 2.78. The van der Waals surface area contributed by atoms with Gasteiger partial charge in [-0.05, 0) is 69.0 Å². The van der Waals surface area contributed by atoms with Crippen molar-refractivity contribution in [1.82, 2.24) is 10.2 Å². The number of anilines is 1. The summed E-state index contributed by atoms with van der Waals surface area (Å²) in [6, 6.07) is 13.7. The summed E-state index contributed by atoms with van der Waals surface area (Å²) in [6.07, 6.45) is 2.34. The van der Waals surface area contributed by atoms with E-state index in [1.165, 1.54) is 9.21 Å². The van der Waals surface area contributed by atoms with Crippen molar-refractivity contribution in [2.75, 3.05) is 17.1 Å². The first-order chi connectivity index (χ1) is 16.4. The molecule has 0 aliphatic heterocycles. The maximum Gasteiger partial charge on any atom is 0.242 e. The third kappa shape index (κ3) is 8.85. The standard InChI is InChI=1S/C26H36ClN3O4S/c1-6-20(3)28-26(32)21(4)29(18-22-11-8-12-23(27)17-22)25(31)14-9-15-30(35(5,33)34)24-13-7-10-19(2)16-24/h7-8,10-13,16-17,20-21H,6,9,14-15,18H2,1-5H3,(H,28,32)/t20-,21-/m0/s1. The summed E-state index contributed by atoms with van der Waals surface area (Å²) < 4.78 is 26.2. The number of nitrogens with zero attached hydrogens (tertiary/aromatic N) is 2. The highest BCUT2D eigenvalue weighted by atomic mass is 35.5. The Balaban J connectivity index is 2.17. The van der Waals surface area contributed by atoms with Gasteiger partial charge in [-0.25, -0.2) is 8.42 Å². The normalized spacial score (nSPS) is 13.1. The first-order valence-electron chi connectivity index (χ1n) is 11.8. The Morgan fingerprint density at radius 1 is 1.09 bits per heavy atom. The lowest BCUT2D eigenvalue weighted by molar-refractivity contribution is -0.140. The van der Waals surface area contributed by atoms with Gasteiger partial charge in [-0.1, -0.05) is 42.8 Å². The number of halogens is 1. The first-order valence-corrected chi connectivity index (χ1v) is 14.0. The van der Waals surface area contributed by atoms with Crippen LogP contribution in [0.4, 0.5) is 5.69 Å². The predicted molar refractivity (Wildman–Crippen MR) is 142 cm³/mol. The van der Waals surface area contributed by atoms with Crippen molar-refractivity contribution in [2.45, 2.75) is 65.6 Å². The van der Waals surface area contributed by atoms with Crippen molar-refractivity contribution in [1.29, 1.82) is 0 Å². The van der Waals surface area contributed by atoms with E-state index in [4.69, 9.17) is 11.6 Å². The SMILES string of the molecule is CC[C@H](C)NC(=O)[C@H](C)N(Cc1cccc(Cl)c1)C(=O)CCCN(c1cccc(C)c1)S(C)(=O)=O. The summed E-state index contributed by atoms with van der Waals surface area (Å²) in [6.45, 7) is 7.88. The van der Waals surface area contributed by atoms with Gasteiger partial charge in [-0.3, -0.25) is 13.9 Å². The number of carbonyl (C=O) groups is 2. The predicted octanol–water partition coefficient (Wildman–Crippen LogP) is 4.53. The van der Waals surface area contributed by atoms with Crippen LogP contribution in [0.25, 0.3) is 0 Å². The number of aryl methyl sites for hydroxylation is 1. The molecule has 2 aromatic rings. The molecule has 0 unspecified atom stereocenters. The number of amides is 2. The van der Waals surface area contributed by atoms with Crippen LogP contribution < -0.4 is 9.62 Å². The number of nitrogens with one attached hydrogen (secondary N) is 1. The van der Waals surface area contributed by atoms with E-state index in [2.05, 4.69) is 5.32 Å². The van der Waals surface area contributed by atoms with Crippen molar-refractivity contribution in [3.05, 3.63) is 64.7 Å². The van der Waals surface area contributed by atoms with E-state index in [9.17, 15) is 18.0 Å². The number of benzene rings is 2. The molecule has 2 atom stereocenters. The van der Waals surface area contributed by atoms with Gasteiger partial charge in [0.05, 0.1) is 11.9 Å². The fourth-order valence-corrected chi connectivity index (χ4v) is 4.84. The van der Waals surface area contributed by atoms with Gasteiger partial charge in [-0.2, -0.15) is 0 Å². The molecular formula is C26H36ClN3O4S. The van der Waals surface area contributed by atoms with Crippen LogP contribution in [0, 0.1) is 6.92 Å². The van der Waals surface area contributed by atoms with E-state index in [1.54, 1.807) is 43.3 Å².